The van der Waals surface area contributed by atoms with Crippen LogP contribution >= 0.6 is 0 Å². The number of nitrogens with two attached hydrogens (primary N) is 2. The molecule has 16 heavy (non-hydrogen) atoms. The normalized spacial score (nSPS) is 20.1. The third-order valence-electron chi connectivity index (χ3n) is 2.62. The van der Waals surface area contributed by atoms with Crippen molar-refractivity contribution in [3.8, 4) is 0 Å². The van der Waals surface area contributed by atoms with Gasteiger partial charge in [-0.15, -0.1) is 0 Å². The smallest absolute Gasteiger partial charge is 0.267 e. The lowest BCUT2D eigenvalue weighted by Gasteiger charge is -2.18. The fraction of sp³-hybridized carbons (Fsp3) is 0.400. The SMILES string of the molecule is NC(=O)c1ccc(N)c(N2CCC(O)C2)n1. The van der Waals surface area contributed by atoms with Gasteiger partial charge in [-0.05, 0) is 18.6 Å². The molecule has 2 rings (SSSR count). The molecule has 0 spiro atoms. The summed E-state index contributed by atoms with van der Waals surface area (Å²) in [4.78, 5) is 17.0. The van der Waals surface area contributed by atoms with Crippen molar-refractivity contribution in [1.82, 2.24) is 4.98 Å². The highest BCUT2D eigenvalue weighted by molar-refractivity contribution is 5.91. The summed E-state index contributed by atoms with van der Waals surface area (Å²) in [5.74, 6) is -0.0613. The van der Waals surface area contributed by atoms with Gasteiger partial charge in [-0.1, -0.05) is 0 Å². The molecule has 1 amide bonds. The Balaban J connectivity index is 2.32. The largest absolute Gasteiger partial charge is 0.396 e. The molecular weight excluding hydrogens is 208 g/mol. The van der Waals surface area contributed by atoms with Crippen molar-refractivity contribution in [2.45, 2.75) is 12.5 Å². The Kier molecular flexibility index (Phi) is 2.66. The molecule has 6 heteroatoms. The van der Waals surface area contributed by atoms with E-state index in [0.29, 0.717) is 31.0 Å². The minimum Gasteiger partial charge on any atom is -0.396 e. The van der Waals surface area contributed by atoms with Crippen LogP contribution in [0.4, 0.5) is 11.5 Å². The predicted octanol–water partition coefficient (Wildman–Crippen LogP) is -0.666. The summed E-state index contributed by atoms with van der Waals surface area (Å²) in [6, 6.07) is 3.10. The number of rotatable bonds is 2. The van der Waals surface area contributed by atoms with Gasteiger partial charge in [0, 0.05) is 13.1 Å². The van der Waals surface area contributed by atoms with Gasteiger partial charge in [-0.3, -0.25) is 4.79 Å². The first-order valence-electron chi connectivity index (χ1n) is 5.07. The Hall–Kier alpha value is -1.82. The number of carbonyl (C=O) groups excluding carboxylic acids is 1. The number of aliphatic hydroxyl groups is 1. The monoisotopic (exact) mass is 222 g/mol. The Morgan fingerprint density at radius 3 is 2.88 bits per heavy atom. The number of pyridine rings is 1. The molecular formula is C10H14N4O2. The maximum atomic E-state index is 11.0. The van der Waals surface area contributed by atoms with E-state index in [1.54, 1.807) is 6.07 Å². The zero-order valence-electron chi connectivity index (χ0n) is 8.76. The lowest BCUT2D eigenvalue weighted by Crippen LogP contribution is -2.25. The second-order valence-electron chi connectivity index (χ2n) is 3.86. The van der Waals surface area contributed by atoms with Crippen molar-refractivity contribution >= 4 is 17.4 Å². The number of anilines is 2. The molecule has 1 aliphatic heterocycles. The highest BCUT2D eigenvalue weighted by Crippen LogP contribution is 2.24. The average molecular weight is 222 g/mol. The van der Waals surface area contributed by atoms with E-state index in [2.05, 4.69) is 4.98 Å². The molecule has 86 valence electrons. The highest BCUT2D eigenvalue weighted by Gasteiger charge is 2.23. The maximum absolute atomic E-state index is 11.0. The van der Waals surface area contributed by atoms with Crippen LogP contribution in [0.1, 0.15) is 16.9 Å². The molecule has 0 aliphatic carbocycles. The van der Waals surface area contributed by atoms with Crippen molar-refractivity contribution in [2.24, 2.45) is 5.73 Å². The molecule has 0 aromatic carbocycles. The first kappa shape index (κ1) is 10.7. The van der Waals surface area contributed by atoms with Gasteiger partial charge in [0.15, 0.2) is 5.82 Å². The van der Waals surface area contributed by atoms with Gasteiger partial charge in [0.25, 0.3) is 5.91 Å². The van der Waals surface area contributed by atoms with E-state index in [1.807, 2.05) is 4.90 Å². The van der Waals surface area contributed by atoms with Crippen molar-refractivity contribution in [3.63, 3.8) is 0 Å². The fourth-order valence-corrected chi connectivity index (χ4v) is 1.78. The summed E-state index contributed by atoms with van der Waals surface area (Å²) >= 11 is 0. The van der Waals surface area contributed by atoms with Crippen molar-refractivity contribution in [3.05, 3.63) is 17.8 Å². The number of carbonyl (C=O) groups is 1. The van der Waals surface area contributed by atoms with Crippen LogP contribution in [0.3, 0.4) is 0 Å². The number of nitrogen functional groups attached to an aromatic ring is 1. The number of hydrogen-bond acceptors (Lipinski definition) is 5. The molecule has 1 fully saturated rings. The first-order valence-corrected chi connectivity index (χ1v) is 5.07. The fourth-order valence-electron chi connectivity index (χ4n) is 1.78. The van der Waals surface area contributed by atoms with Crippen LogP contribution in [0, 0.1) is 0 Å². The van der Waals surface area contributed by atoms with E-state index in [4.69, 9.17) is 11.5 Å². The Morgan fingerprint density at radius 2 is 2.31 bits per heavy atom. The number of hydrogen-bond donors (Lipinski definition) is 3. The topological polar surface area (TPSA) is 105 Å². The number of amides is 1. The second kappa shape index (κ2) is 3.97. The number of aliphatic hydroxyl groups excluding tert-OH is 1. The molecule has 1 unspecified atom stereocenters. The van der Waals surface area contributed by atoms with Gasteiger partial charge in [0.1, 0.15) is 5.69 Å². The van der Waals surface area contributed by atoms with Gasteiger partial charge in [0.05, 0.1) is 11.8 Å². The molecule has 1 aliphatic rings. The molecule has 2 heterocycles. The van der Waals surface area contributed by atoms with Crippen molar-refractivity contribution < 1.29 is 9.90 Å². The summed E-state index contributed by atoms with van der Waals surface area (Å²) in [6.07, 6.45) is 0.320. The van der Waals surface area contributed by atoms with Gasteiger partial charge in [0.2, 0.25) is 0 Å². The lowest BCUT2D eigenvalue weighted by molar-refractivity contribution is 0.0995. The Labute approximate surface area is 92.9 Å². The standard InChI is InChI=1S/C10H14N4O2/c11-7-1-2-8(9(12)16)13-10(7)14-4-3-6(15)5-14/h1-2,6,15H,3-5,11H2,(H2,12,16). The van der Waals surface area contributed by atoms with Crippen LogP contribution in [-0.4, -0.2) is 35.2 Å². The maximum Gasteiger partial charge on any atom is 0.267 e. The molecule has 1 saturated heterocycles. The second-order valence-corrected chi connectivity index (χ2v) is 3.86. The third-order valence-corrected chi connectivity index (χ3v) is 2.62. The van der Waals surface area contributed by atoms with Crippen LogP contribution in [0.25, 0.3) is 0 Å². The number of aromatic nitrogens is 1. The van der Waals surface area contributed by atoms with E-state index in [9.17, 15) is 9.90 Å². The molecule has 1 aromatic heterocycles. The van der Waals surface area contributed by atoms with Crippen molar-refractivity contribution in [1.29, 1.82) is 0 Å². The molecule has 0 bridgehead atoms. The highest BCUT2D eigenvalue weighted by atomic mass is 16.3. The number of β-amino-alcohol motifs (C(OH)–C–C–N with tert-alkyl or cyclic N) is 1. The Morgan fingerprint density at radius 1 is 1.56 bits per heavy atom. The summed E-state index contributed by atoms with van der Waals surface area (Å²) in [5, 5.41) is 9.43. The van der Waals surface area contributed by atoms with E-state index in [-0.39, 0.29) is 11.8 Å². The van der Waals surface area contributed by atoms with Crippen LogP contribution in [0.5, 0.6) is 0 Å². The minimum absolute atomic E-state index is 0.186. The van der Waals surface area contributed by atoms with E-state index in [1.165, 1.54) is 6.07 Å². The minimum atomic E-state index is -0.582. The molecule has 0 radical (unpaired) electrons. The van der Waals surface area contributed by atoms with Crippen LogP contribution in [-0.2, 0) is 0 Å². The zero-order valence-corrected chi connectivity index (χ0v) is 8.76. The molecule has 6 nitrogen and oxygen atoms in total. The van der Waals surface area contributed by atoms with Crippen molar-refractivity contribution in [2.75, 3.05) is 23.7 Å². The first-order chi connectivity index (χ1) is 7.58. The quantitative estimate of drug-likeness (QED) is 0.615. The number of primary amides is 1. The summed E-state index contributed by atoms with van der Waals surface area (Å²) < 4.78 is 0. The molecule has 1 aromatic rings. The van der Waals surface area contributed by atoms with Gasteiger partial charge in [-0.2, -0.15) is 0 Å². The van der Waals surface area contributed by atoms with Crippen LogP contribution < -0.4 is 16.4 Å². The van der Waals surface area contributed by atoms with Gasteiger partial charge < -0.3 is 21.5 Å². The average Bonchev–Trinajstić information content (AvgIpc) is 2.65. The summed E-state index contributed by atoms with van der Waals surface area (Å²) in [6.45, 7) is 1.17. The van der Waals surface area contributed by atoms with E-state index in [0.717, 1.165) is 0 Å². The Bertz CT molecular complexity index is 421. The lowest BCUT2D eigenvalue weighted by atomic mass is 10.3. The van der Waals surface area contributed by atoms with Gasteiger partial charge >= 0.3 is 0 Å². The summed E-state index contributed by atoms with van der Waals surface area (Å²) in [5.41, 5.74) is 11.6. The predicted molar refractivity (Wildman–Crippen MR) is 60.0 cm³/mol. The summed E-state index contributed by atoms with van der Waals surface area (Å²) in [7, 11) is 0. The van der Waals surface area contributed by atoms with Gasteiger partial charge in [-0.25, -0.2) is 4.98 Å². The van der Waals surface area contributed by atoms with Crippen LogP contribution in [0.2, 0.25) is 0 Å². The van der Waals surface area contributed by atoms with E-state index >= 15 is 0 Å². The number of nitrogens with zero attached hydrogens (tertiary/aromatic N) is 2. The molecule has 0 saturated carbocycles. The molecule has 5 N–H and O–H groups in total. The third kappa shape index (κ3) is 1.92. The van der Waals surface area contributed by atoms with E-state index < -0.39 is 5.91 Å². The van der Waals surface area contributed by atoms with Crippen LogP contribution in [0.15, 0.2) is 12.1 Å². The molecule has 1 atom stereocenters. The zero-order chi connectivity index (χ0) is 11.7.